The van der Waals surface area contributed by atoms with Crippen LogP contribution in [0.1, 0.15) is 38.2 Å². The highest BCUT2D eigenvalue weighted by Crippen LogP contribution is 2.11. The highest BCUT2D eigenvalue weighted by atomic mass is 16.5. The summed E-state index contributed by atoms with van der Waals surface area (Å²) in [7, 11) is 0. The van der Waals surface area contributed by atoms with E-state index < -0.39 is 12.0 Å². The molecule has 0 aromatic heterocycles. The molecule has 0 amide bonds. The molecular weight excluding hydrogens is 242 g/mol. The van der Waals surface area contributed by atoms with Gasteiger partial charge in [-0.05, 0) is 31.7 Å². The third-order valence-electron chi connectivity index (χ3n) is 2.97. The number of aryl methyl sites for hydroxylation is 1. The van der Waals surface area contributed by atoms with E-state index in [1.165, 1.54) is 5.56 Å². The van der Waals surface area contributed by atoms with Crippen LogP contribution in [-0.2, 0) is 16.0 Å². The van der Waals surface area contributed by atoms with Crippen molar-refractivity contribution >= 4 is 5.97 Å². The highest BCUT2D eigenvalue weighted by Gasteiger charge is 2.19. The van der Waals surface area contributed by atoms with Crippen molar-refractivity contribution in [3.8, 4) is 0 Å². The fourth-order valence-corrected chi connectivity index (χ4v) is 1.94. The van der Waals surface area contributed by atoms with Gasteiger partial charge in [0.05, 0.1) is 6.61 Å². The molecule has 0 saturated carbocycles. The van der Waals surface area contributed by atoms with Gasteiger partial charge in [-0.25, -0.2) is 4.79 Å². The number of esters is 1. The maximum atomic E-state index is 11.3. The highest BCUT2D eigenvalue weighted by molar-refractivity contribution is 5.75. The van der Waals surface area contributed by atoms with Crippen molar-refractivity contribution in [3.63, 3.8) is 0 Å². The van der Waals surface area contributed by atoms with Crippen LogP contribution in [0.25, 0.3) is 0 Å². The van der Waals surface area contributed by atoms with Gasteiger partial charge in [0.2, 0.25) is 0 Å². The van der Waals surface area contributed by atoms with Gasteiger partial charge < -0.3 is 4.74 Å². The van der Waals surface area contributed by atoms with Gasteiger partial charge in [0.15, 0.2) is 6.04 Å². The van der Waals surface area contributed by atoms with Gasteiger partial charge in [-0.2, -0.15) is 0 Å². The van der Waals surface area contributed by atoms with E-state index in [0.29, 0.717) is 13.0 Å². The monoisotopic (exact) mass is 263 g/mol. The number of unbranched alkanes of at least 4 members (excludes halogenated alkanes) is 2. The predicted octanol–water partition coefficient (Wildman–Crippen LogP) is 3.49. The molecule has 1 aromatic carbocycles. The number of rotatable bonds is 9. The first-order chi connectivity index (χ1) is 9.27. The van der Waals surface area contributed by atoms with Gasteiger partial charge >= 0.3 is 5.97 Å². The number of hydrogen-bond donors (Lipinski definition) is 0. The van der Waals surface area contributed by atoms with E-state index in [0.717, 1.165) is 25.7 Å². The van der Waals surface area contributed by atoms with Crippen LogP contribution >= 0.6 is 0 Å². The molecule has 0 heterocycles. The van der Waals surface area contributed by atoms with Gasteiger partial charge in [-0.1, -0.05) is 48.4 Å². The molecule has 1 rings (SSSR count). The van der Waals surface area contributed by atoms with E-state index in [9.17, 15) is 9.70 Å². The molecule has 0 aliphatic heterocycles. The van der Waals surface area contributed by atoms with Crippen molar-refractivity contribution in [1.29, 1.82) is 0 Å². The Morgan fingerprint density at radius 2 is 1.95 bits per heavy atom. The maximum absolute atomic E-state index is 11.3. The molecule has 0 saturated heterocycles. The number of carbonyl (C=O) groups excluding carboxylic acids is 1. The van der Waals surface area contributed by atoms with Gasteiger partial charge in [-0.15, -0.1) is 4.91 Å². The van der Waals surface area contributed by atoms with E-state index in [4.69, 9.17) is 4.74 Å². The Balaban J connectivity index is 2.15. The Morgan fingerprint density at radius 3 is 2.58 bits per heavy atom. The van der Waals surface area contributed by atoms with E-state index in [-0.39, 0.29) is 0 Å². The van der Waals surface area contributed by atoms with Crippen LogP contribution in [0, 0.1) is 4.91 Å². The second-order valence-electron chi connectivity index (χ2n) is 4.46. The van der Waals surface area contributed by atoms with E-state index in [2.05, 4.69) is 17.3 Å². The lowest BCUT2D eigenvalue weighted by Gasteiger charge is -2.07. The molecule has 0 fully saturated rings. The lowest BCUT2D eigenvalue weighted by molar-refractivity contribution is -0.144. The molecule has 4 nitrogen and oxygen atoms in total. The van der Waals surface area contributed by atoms with E-state index >= 15 is 0 Å². The summed E-state index contributed by atoms with van der Waals surface area (Å²) in [5.41, 5.74) is 1.32. The summed E-state index contributed by atoms with van der Waals surface area (Å²) >= 11 is 0. The smallest absolute Gasteiger partial charge is 0.334 e. The van der Waals surface area contributed by atoms with Crippen molar-refractivity contribution in [2.45, 2.75) is 45.1 Å². The number of nitroso groups, excluding NO2 is 1. The molecule has 1 unspecified atom stereocenters. The Hall–Kier alpha value is -1.71. The minimum absolute atomic E-state index is 0.291. The minimum atomic E-state index is -0.836. The van der Waals surface area contributed by atoms with Crippen LogP contribution in [0.4, 0.5) is 0 Å². The van der Waals surface area contributed by atoms with Crippen LogP contribution in [0.3, 0.4) is 0 Å². The molecule has 0 N–H and O–H groups in total. The molecule has 0 spiro atoms. The van der Waals surface area contributed by atoms with Crippen molar-refractivity contribution in [3.05, 3.63) is 40.8 Å². The predicted molar refractivity (Wildman–Crippen MR) is 74.8 cm³/mol. The molecule has 0 aliphatic rings. The minimum Gasteiger partial charge on any atom is -0.464 e. The second kappa shape index (κ2) is 9.25. The van der Waals surface area contributed by atoms with Crippen molar-refractivity contribution in [1.82, 2.24) is 0 Å². The van der Waals surface area contributed by atoms with Crippen molar-refractivity contribution in [2.24, 2.45) is 5.18 Å². The molecule has 19 heavy (non-hydrogen) atoms. The first kappa shape index (κ1) is 15.3. The molecule has 1 atom stereocenters. The summed E-state index contributed by atoms with van der Waals surface area (Å²) in [4.78, 5) is 21.9. The van der Waals surface area contributed by atoms with Crippen molar-refractivity contribution < 1.29 is 9.53 Å². The fraction of sp³-hybridized carbons (Fsp3) is 0.533. The largest absolute Gasteiger partial charge is 0.464 e. The summed E-state index contributed by atoms with van der Waals surface area (Å²) in [6.45, 7) is 2.01. The lowest BCUT2D eigenvalue weighted by atomic mass is 10.0. The number of carbonyl (C=O) groups is 1. The third-order valence-corrected chi connectivity index (χ3v) is 2.97. The maximum Gasteiger partial charge on any atom is 0.334 e. The first-order valence-electron chi connectivity index (χ1n) is 6.81. The Morgan fingerprint density at radius 1 is 1.21 bits per heavy atom. The topological polar surface area (TPSA) is 55.7 Å². The van der Waals surface area contributed by atoms with Gasteiger partial charge in [0.1, 0.15) is 0 Å². The Kier molecular flexibility index (Phi) is 7.47. The second-order valence-corrected chi connectivity index (χ2v) is 4.46. The van der Waals surface area contributed by atoms with Crippen LogP contribution in [0.5, 0.6) is 0 Å². The lowest BCUT2D eigenvalue weighted by Crippen LogP contribution is -2.21. The molecule has 0 bridgehead atoms. The van der Waals surface area contributed by atoms with E-state index in [1.54, 1.807) is 6.92 Å². The fourth-order valence-electron chi connectivity index (χ4n) is 1.94. The number of hydrogen-bond acceptors (Lipinski definition) is 4. The summed E-state index contributed by atoms with van der Waals surface area (Å²) in [6.07, 6.45) is 4.37. The number of benzene rings is 1. The SMILES string of the molecule is CCOC(=O)C(CCCCCc1ccccc1)N=O. The number of ether oxygens (including phenoxy) is 1. The molecule has 0 aliphatic carbocycles. The zero-order chi connectivity index (χ0) is 13.9. The van der Waals surface area contributed by atoms with Gasteiger partial charge in [0.25, 0.3) is 0 Å². The van der Waals surface area contributed by atoms with Crippen LogP contribution in [0.2, 0.25) is 0 Å². The summed E-state index contributed by atoms with van der Waals surface area (Å²) in [5, 5.41) is 2.84. The molecule has 0 radical (unpaired) electrons. The normalized spacial score (nSPS) is 11.8. The average Bonchev–Trinajstić information content (AvgIpc) is 2.44. The van der Waals surface area contributed by atoms with Gasteiger partial charge in [-0.3, -0.25) is 0 Å². The molecule has 1 aromatic rings. The van der Waals surface area contributed by atoms with Crippen LogP contribution in [-0.4, -0.2) is 18.6 Å². The summed E-state index contributed by atoms with van der Waals surface area (Å²) < 4.78 is 4.79. The van der Waals surface area contributed by atoms with Crippen LogP contribution < -0.4 is 0 Å². The zero-order valence-electron chi connectivity index (χ0n) is 11.4. The average molecular weight is 263 g/mol. The Labute approximate surface area is 114 Å². The van der Waals surface area contributed by atoms with Crippen LogP contribution in [0.15, 0.2) is 35.5 Å². The quantitative estimate of drug-likeness (QED) is 0.389. The Bertz CT molecular complexity index is 378. The zero-order valence-corrected chi connectivity index (χ0v) is 11.4. The van der Waals surface area contributed by atoms with Crippen molar-refractivity contribution in [2.75, 3.05) is 6.61 Å². The standard InChI is InChI=1S/C15H21NO3/c1-2-19-15(17)14(16-18)12-8-4-7-11-13-9-5-3-6-10-13/h3,5-6,9-10,14H,2,4,7-8,11-12H2,1H3. The summed E-state index contributed by atoms with van der Waals surface area (Å²) in [6, 6.07) is 9.44. The molecule has 104 valence electrons. The molecular formula is C15H21NO3. The first-order valence-corrected chi connectivity index (χ1v) is 6.81. The number of nitrogens with zero attached hydrogens (tertiary/aromatic N) is 1. The van der Waals surface area contributed by atoms with E-state index in [1.807, 2.05) is 18.2 Å². The van der Waals surface area contributed by atoms with Gasteiger partial charge in [0, 0.05) is 0 Å². The molecule has 4 heteroatoms. The third kappa shape index (κ3) is 6.13. The summed E-state index contributed by atoms with van der Waals surface area (Å²) in [5.74, 6) is -0.499.